The van der Waals surface area contributed by atoms with Crippen molar-refractivity contribution in [1.29, 1.82) is 0 Å². The van der Waals surface area contributed by atoms with Gasteiger partial charge in [0.2, 0.25) is 0 Å². The number of nitrogens with zero attached hydrogens (tertiary/aromatic N) is 1. The van der Waals surface area contributed by atoms with E-state index in [1.165, 1.54) is 6.92 Å². The van der Waals surface area contributed by atoms with Crippen molar-refractivity contribution in [1.82, 2.24) is 4.98 Å². The zero-order chi connectivity index (χ0) is 14.6. The van der Waals surface area contributed by atoms with Gasteiger partial charge in [-0.2, -0.15) is 0 Å². The Hall–Kier alpha value is -2.32. The van der Waals surface area contributed by atoms with Crippen LogP contribution in [0.15, 0.2) is 11.0 Å². The number of H-pyrrole nitrogens is 1. The molecule has 0 aromatic carbocycles. The lowest BCUT2D eigenvalue weighted by atomic mass is 10.1. The number of pyridine rings is 1. The number of carbonyl (C=O) groups excluding carboxylic acids is 1. The molecule has 0 saturated carbocycles. The van der Waals surface area contributed by atoms with Crippen LogP contribution >= 0.6 is 0 Å². The van der Waals surface area contributed by atoms with Gasteiger partial charge in [0.15, 0.2) is 0 Å². The minimum absolute atomic E-state index is 0.000165. The summed E-state index contributed by atoms with van der Waals surface area (Å²) in [4.78, 5) is 34.2. The molecule has 1 aromatic rings. The summed E-state index contributed by atoms with van der Waals surface area (Å²) < 4.78 is 30.1. The maximum atomic E-state index is 12.8. The van der Waals surface area contributed by atoms with E-state index in [9.17, 15) is 28.5 Å². The molecule has 1 aromatic heterocycles. The molecular formula is C10H10F2N2O5. The molecule has 0 unspecified atom stereocenters. The zero-order valence-electron chi connectivity index (χ0n) is 9.81. The number of nitro groups is 1. The molecule has 0 saturated heterocycles. The van der Waals surface area contributed by atoms with Crippen LogP contribution in [0.4, 0.5) is 14.5 Å². The van der Waals surface area contributed by atoms with Crippen molar-refractivity contribution < 1.29 is 23.2 Å². The number of ether oxygens (including phenoxy) is 1. The van der Waals surface area contributed by atoms with Crippen LogP contribution in [0.5, 0.6) is 0 Å². The second-order valence-corrected chi connectivity index (χ2v) is 3.43. The first-order valence-electron chi connectivity index (χ1n) is 5.21. The molecule has 0 radical (unpaired) electrons. The number of carbonyl (C=O) groups is 1. The van der Waals surface area contributed by atoms with Crippen LogP contribution in [-0.2, 0) is 16.0 Å². The largest absolute Gasteiger partial charge is 0.466 e. The molecule has 1 rings (SSSR count). The van der Waals surface area contributed by atoms with E-state index in [4.69, 9.17) is 0 Å². The van der Waals surface area contributed by atoms with E-state index in [0.717, 1.165) is 0 Å². The lowest BCUT2D eigenvalue weighted by Gasteiger charge is -2.08. The quantitative estimate of drug-likeness (QED) is 0.496. The first kappa shape index (κ1) is 14.7. The van der Waals surface area contributed by atoms with Crippen molar-refractivity contribution in [3.63, 3.8) is 0 Å². The lowest BCUT2D eigenvalue weighted by Crippen LogP contribution is -2.20. The Labute approximate surface area is 105 Å². The highest BCUT2D eigenvalue weighted by atomic mass is 19.3. The first-order chi connectivity index (χ1) is 8.88. The Morgan fingerprint density at radius 1 is 1.58 bits per heavy atom. The van der Waals surface area contributed by atoms with Crippen LogP contribution in [0.25, 0.3) is 0 Å². The molecular weight excluding hydrogens is 266 g/mol. The number of hydrogen-bond donors (Lipinski definition) is 1. The number of aromatic amines is 1. The van der Waals surface area contributed by atoms with E-state index in [2.05, 4.69) is 4.74 Å². The minimum Gasteiger partial charge on any atom is -0.466 e. The SMILES string of the molecule is CCOC(=O)Cc1c([N+](=O)[O-])c[nH]c(=O)c1C(F)F. The van der Waals surface area contributed by atoms with Gasteiger partial charge in [-0.25, -0.2) is 8.78 Å². The fourth-order valence-electron chi connectivity index (χ4n) is 1.51. The van der Waals surface area contributed by atoms with Crippen LogP contribution in [0, 0.1) is 10.1 Å². The van der Waals surface area contributed by atoms with Crippen molar-refractivity contribution in [3.8, 4) is 0 Å². The van der Waals surface area contributed by atoms with Crippen molar-refractivity contribution in [2.75, 3.05) is 6.61 Å². The van der Waals surface area contributed by atoms with Crippen LogP contribution in [0.2, 0.25) is 0 Å². The minimum atomic E-state index is -3.23. The summed E-state index contributed by atoms with van der Waals surface area (Å²) in [6, 6.07) is 0. The molecule has 0 atom stereocenters. The maximum absolute atomic E-state index is 12.8. The van der Waals surface area contributed by atoms with Crippen molar-refractivity contribution >= 4 is 11.7 Å². The van der Waals surface area contributed by atoms with E-state index < -0.39 is 46.1 Å². The monoisotopic (exact) mass is 276 g/mol. The van der Waals surface area contributed by atoms with Gasteiger partial charge in [0.05, 0.1) is 35.3 Å². The second-order valence-electron chi connectivity index (χ2n) is 3.43. The Morgan fingerprint density at radius 2 is 2.21 bits per heavy atom. The molecule has 0 spiro atoms. The zero-order valence-corrected chi connectivity index (χ0v) is 9.81. The number of nitrogens with one attached hydrogen (secondary N) is 1. The molecule has 1 heterocycles. The van der Waals surface area contributed by atoms with Gasteiger partial charge >= 0.3 is 5.97 Å². The van der Waals surface area contributed by atoms with Gasteiger partial charge in [0, 0.05) is 0 Å². The number of hydrogen-bond acceptors (Lipinski definition) is 5. The summed E-state index contributed by atoms with van der Waals surface area (Å²) in [5.41, 5.74) is -3.62. The highest BCUT2D eigenvalue weighted by Crippen LogP contribution is 2.26. The molecule has 0 aliphatic carbocycles. The third kappa shape index (κ3) is 3.33. The number of halogens is 2. The van der Waals surface area contributed by atoms with Crippen LogP contribution in [0.1, 0.15) is 24.5 Å². The topological polar surface area (TPSA) is 102 Å². The standard InChI is InChI=1S/C10H10F2N2O5/c1-2-19-7(15)3-5-6(14(17)18)4-13-10(16)8(5)9(11)12/h4,9H,2-3H2,1H3,(H,13,16). The third-order valence-electron chi connectivity index (χ3n) is 2.26. The molecule has 0 aliphatic heterocycles. The number of aromatic nitrogens is 1. The second kappa shape index (κ2) is 6.03. The van der Waals surface area contributed by atoms with Crippen LogP contribution < -0.4 is 5.56 Å². The molecule has 9 heteroatoms. The summed E-state index contributed by atoms with van der Waals surface area (Å²) >= 11 is 0. The van der Waals surface area contributed by atoms with Crippen LogP contribution in [-0.4, -0.2) is 22.5 Å². The third-order valence-corrected chi connectivity index (χ3v) is 2.26. The Balaban J connectivity index is 3.37. The predicted octanol–water partition coefficient (Wildman–Crippen LogP) is 1.33. The molecule has 0 amide bonds. The Morgan fingerprint density at radius 3 is 2.68 bits per heavy atom. The number of esters is 1. The Kier molecular flexibility index (Phi) is 4.67. The van der Waals surface area contributed by atoms with Crippen molar-refractivity contribution in [2.45, 2.75) is 19.8 Å². The summed E-state index contributed by atoms with van der Waals surface area (Å²) in [5, 5.41) is 10.7. The van der Waals surface area contributed by atoms with Crippen molar-refractivity contribution in [2.24, 2.45) is 0 Å². The van der Waals surface area contributed by atoms with E-state index in [1.54, 1.807) is 0 Å². The fourth-order valence-corrected chi connectivity index (χ4v) is 1.51. The van der Waals surface area contributed by atoms with Gasteiger partial charge in [0.25, 0.3) is 17.7 Å². The predicted molar refractivity (Wildman–Crippen MR) is 59.0 cm³/mol. The van der Waals surface area contributed by atoms with Gasteiger partial charge in [0.1, 0.15) is 0 Å². The highest BCUT2D eigenvalue weighted by Gasteiger charge is 2.28. The molecule has 104 valence electrons. The molecule has 1 N–H and O–H groups in total. The highest BCUT2D eigenvalue weighted by molar-refractivity contribution is 5.74. The lowest BCUT2D eigenvalue weighted by molar-refractivity contribution is -0.386. The molecule has 7 nitrogen and oxygen atoms in total. The smallest absolute Gasteiger partial charge is 0.310 e. The average molecular weight is 276 g/mol. The summed E-state index contributed by atoms with van der Waals surface area (Å²) in [6.07, 6.45) is -3.30. The van der Waals surface area contributed by atoms with E-state index in [-0.39, 0.29) is 6.61 Å². The van der Waals surface area contributed by atoms with Gasteiger partial charge in [-0.15, -0.1) is 0 Å². The average Bonchev–Trinajstić information content (AvgIpc) is 2.28. The molecule has 0 bridgehead atoms. The first-order valence-corrected chi connectivity index (χ1v) is 5.21. The summed E-state index contributed by atoms with van der Waals surface area (Å²) in [7, 11) is 0. The van der Waals surface area contributed by atoms with Gasteiger partial charge < -0.3 is 9.72 Å². The molecule has 0 fully saturated rings. The van der Waals surface area contributed by atoms with Gasteiger partial charge in [-0.3, -0.25) is 19.7 Å². The van der Waals surface area contributed by atoms with Gasteiger partial charge in [-0.1, -0.05) is 0 Å². The number of alkyl halides is 2. The molecule has 19 heavy (non-hydrogen) atoms. The van der Waals surface area contributed by atoms with Gasteiger partial charge in [-0.05, 0) is 6.92 Å². The van der Waals surface area contributed by atoms with Crippen LogP contribution in [0.3, 0.4) is 0 Å². The van der Waals surface area contributed by atoms with E-state index in [0.29, 0.717) is 6.20 Å². The maximum Gasteiger partial charge on any atom is 0.310 e. The number of rotatable bonds is 5. The van der Waals surface area contributed by atoms with Crippen molar-refractivity contribution in [3.05, 3.63) is 37.8 Å². The van der Waals surface area contributed by atoms with E-state index >= 15 is 0 Å². The Bertz CT molecular complexity index is 555. The van der Waals surface area contributed by atoms with E-state index in [1.807, 2.05) is 4.98 Å². The molecule has 0 aliphatic rings. The normalized spacial score (nSPS) is 10.5. The summed E-state index contributed by atoms with van der Waals surface area (Å²) in [6.45, 7) is 1.50. The summed E-state index contributed by atoms with van der Waals surface area (Å²) in [5.74, 6) is -0.918. The fraction of sp³-hybridized carbons (Fsp3) is 0.400.